The number of hydrogen-bond acceptors (Lipinski definition) is 14. The topological polar surface area (TPSA) is 190 Å². The van der Waals surface area contributed by atoms with Crippen molar-refractivity contribution >= 4 is 82.2 Å². The van der Waals surface area contributed by atoms with Crippen LogP contribution in [0, 0.1) is 37.1 Å². The van der Waals surface area contributed by atoms with Crippen molar-refractivity contribution in [3.05, 3.63) is 159 Å². The minimum absolute atomic E-state index is 0. The van der Waals surface area contributed by atoms with Crippen molar-refractivity contribution in [2.24, 2.45) is 5.73 Å². The standard InChI is InChI=1S/C29H30ClF2N5O2S.C21H13Cl2F2N3O2S.C8H18N2.CH4/c1-17-22(14-24(31)26(34-17)16-40(38,39)27-7-5-4-6-23(27)30)18-12-19-15-33-29(36-28(19)25(32)13-18)35-20-8-10-21(11-9-20)37(2)3;1-11-14(12-6-13-9-26-21(23)28-20(13)17(25)7-12)8-16(24)18(27-11)10-31(29,30)19-5-3-2-4-15(19)22;1-10(2)8-5-3-7(9)4-6-8;/h4-7,12-15,20-21H,8-11,16H2,1-3H3,(H,33,35,36);2-9H,10H2,1H3;7-8H,3-6,9H2,1-2H3;1H4. The Kier molecular flexibility index (Phi) is 21.1. The molecule has 0 unspecified atom stereocenters. The van der Waals surface area contributed by atoms with Crippen LogP contribution in [0.2, 0.25) is 15.3 Å². The van der Waals surface area contributed by atoms with E-state index in [1.165, 1.54) is 80.4 Å². The number of aromatic nitrogens is 6. The zero-order chi connectivity index (χ0) is 58.5. The second-order valence-corrected chi connectivity index (χ2v) is 25.8. The fourth-order valence-electron chi connectivity index (χ4n) is 10.1. The summed E-state index contributed by atoms with van der Waals surface area (Å²) in [4.78, 5) is 29.2. The van der Waals surface area contributed by atoms with E-state index >= 15 is 8.78 Å². The summed E-state index contributed by atoms with van der Waals surface area (Å²) in [6.07, 6.45) is 12.0. The highest BCUT2D eigenvalue weighted by atomic mass is 35.5. The van der Waals surface area contributed by atoms with Crippen molar-refractivity contribution in [1.29, 1.82) is 0 Å². The third-order valence-corrected chi connectivity index (χ3v) is 19.0. The molecule has 0 radical (unpaired) electrons. The molecule has 0 saturated heterocycles. The lowest BCUT2D eigenvalue weighted by Gasteiger charge is -2.32. The van der Waals surface area contributed by atoms with Crippen LogP contribution >= 0.6 is 34.8 Å². The smallest absolute Gasteiger partial charge is 0.223 e. The molecular formula is C59H65Cl3F4N10O4S2. The number of nitrogens with zero attached hydrogens (tertiary/aromatic N) is 8. The van der Waals surface area contributed by atoms with E-state index in [0.29, 0.717) is 62.4 Å². The van der Waals surface area contributed by atoms with Gasteiger partial charge in [0.25, 0.3) is 0 Å². The molecule has 3 N–H and O–H groups in total. The Morgan fingerprint density at radius 2 is 0.976 bits per heavy atom. The second kappa shape index (κ2) is 27.2. The van der Waals surface area contributed by atoms with E-state index < -0.39 is 54.4 Å². The number of halogens is 7. The lowest BCUT2D eigenvalue weighted by atomic mass is 9.90. The number of aryl methyl sites for hydroxylation is 2. The van der Waals surface area contributed by atoms with E-state index in [0.717, 1.165) is 37.8 Å². The van der Waals surface area contributed by atoms with Crippen molar-refractivity contribution in [2.45, 2.75) is 118 Å². The molecule has 4 aromatic carbocycles. The minimum Gasteiger partial charge on any atom is -0.351 e. The van der Waals surface area contributed by atoms with Gasteiger partial charge in [0.05, 0.1) is 31.2 Å². The third-order valence-electron chi connectivity index (χ3n) is 14.6. The summed E-state index contributed by atoms with van der Waals surface area (Å²) < 4.78 is 111. The van der Waals surface area contributed by atoms with Crippen molar-refractivity contribution in [1.82, 2.24) is 39.7 Å². The number of nitrogens with one attached hydrogen (secondary N) is 1. The number of benzene rings is 4. The van der Waals surface area contributed by atoms with E-state index in [4.69, 9.17) is 40.5 Å². The summed E-state index contributed by atoms with van der Waals surface area (Å²) in [6.45, 7) is 3.21. The highest BCUT2D eigenvalue weighted by Crippen LogP contribution is 2.34. The first-order valence-corrected chi connectivity index (χ1v) is 30.5. The number of nitrogens with two attached hydrogens (primary N) is 1. The molecule has 0 spiro atoms. The molecule has 0 atom stereocenters. The Balaban J connectivity index is 0.000000204. The van der Waals surface area contributed by atoms with Crippen molar-refractivity contribution in [2.75, 3.05) is 33.5 Å². The van der Waals surface area contributed by atoms with Gasteiger partial charge in [0.1, 0.15) is 45.8 Å². The number of rotatable bonds is 12. The Labute approximate surface area is 491 Å². The number of hydrogen-bond donors (Lipinski definition) is 2. The van der Waals surface area contributed by atoms with E-state index in [-0.39, 0.29) is 61.0 Å². The van der Waals surface area contributed by atoms with E-state index in [9.17, 15) is 25.6 Å². The predicted molar refractivity (Wildman–Crippen MR) is 319 cm³/mol. The molecule has 0 bridgehead atoms. The van der Waals surface area contributed by atoms with Crippen LogP contribution in [-0.2, 0) is 31.2 Å². The molecule has 436 valence electrons. The third kappa shape index (κ3) is 15.4. The van der Waals surface area contributed by atoms with E-state index in [1.54, 1.807) is 50.4 Å². The van der Waals surface area contributed by atoms with Crippen molar-refractivity contribution in [3.8, 4) is 22.3 Å². The van der Waals surface area contributed by atoms with Gasteiger partial charge in [0.15, 0.2) is 19.7 Å². The van der Waals surface area contributed by atoms with Gasteiger partial charge < -0.3 is 20.9 Å². The summed E-state index contributed by atoms with van der Waals surface area (Å²) in [7, 11) is 0.632. The van der Waals surface area contributed by atoms with Gasteiger partial charge in [0, 0.05) is 69.8 Å². The second-order valence-electron chi connectivity index (χ2n) is 20.7. The number of pyridine rings is 2. The average Bonchev–Trinajstić information content (AvgIpc) is 3.62. The first-order valence-electron chi connectivity index (χ1n) is 26.1. The quantitative estimate of drug-likeness (QED) is 0.0868. The molecule has 0 amide bonds. The Morgan fingerprint density at radius 1 is 0.561 bits per heavy atom. The Bertz CT molecular complexity index is 3830. The highest BCUT2D eigenvalue weighted by molar-refractivity contribution is 7.91. The van der Waals surface area contributed by atoms with Gasteiger partial charge in [-0.25, -0.2) is 54.3 Å². The van der Waals surface area contributed by atoms with Crippen molar-refractivity contribution in [3.63, 3.8) is 0 Å². The Hall–Kier alpha value is -5.97. The molecule has 0 aliphatic heterocycles. The lowest BCUT2D eigenvalue weighted by Crippen LogP contribution is -2.36. The molecule has 10 rings (SSSR count). The SMILES string of the molecule is C.CN(C)C1CCC(N)CC1.Cc1nc(CS(=O)(=O)c2ccccc2Cl)c(F)cc1-c1cc(F)c2nc(Cl)ncc2c1.Cc1nc(CS(=O)(=O)c2ccccc2Cl)c(F)cc1-c1cc(F)c2nc(NC3CCC(N(C)C)CC3)ncc2c1. The summed E-state index contributed by atoms with van der Waals surface area (Å²) in [6, 6.07) is 22.0. The molecule has 4 aromatic heterocycles. The molecule has 82 heavy (non-hydrogen) atoms. The number of fused-ring (bicyclic) bond motifs is 2. The lowest BCUT2D eigenvalue weighted by molar-refractivity contribution is 0.217. The summed E-state index contributed by atoms with van der Waals surface area (Å²) in [5.74, 6) is -3.80. The van der Waals surface area contributed by atoms with Crippen LogP contribution in [0.1, 0.15) is 81.6 Å². The first kappa shape index (κ1) is 63.6. The molecule has 23 heteroatoms. The zero-order valence-electron chi connectivity index (χ0n) is 45.4. The van der Waals surface area contributed by atoms with Crippen LogP contribution < -0.4 is 11.1 Å². The van der Waals surface area contributed by atoms with E-state index in [2.05, 4.69) is 73.2 Å². The van der Waals surface area contributed by atoms with Crippen LogP contribution in [-0.4, -0.2) is 109 Å². The van der Waals surface area contributed by atoms with Crippen molar-refractivity contribution < 1.29 is 34.4 Å². The molecule has 14 nitrogen and oxygen atoms in total. The number of anilines is 1. The Morgan fingerprint density at radius 3 is 1.41 bits per heavy atom. The molecule has 2 saturated carbocycles. The minimum atomic E-state index is -3.94. The first-order chi connectivity index (χ1) is 38.4. The van der Waals surface area contributed by atoms with Crippen LogP contribution in [0.4, 0.5) is 23.5 Å². The fourth-order valence-corrected chi connectivity index (χ4v) is 13.9. The monoisotopic (exact) mass is 1220 g/mol. The predicted octanol–water partition coefficient (Wildman–Crippen LogP) is 13.2. The summed E-state index contributed by atoms with van der Waals surface area (Å²) in [5.41, 5.74) is 7.58. The number of sulfone groups is 2. The zero-order valence-corrected chi connectivity index (χ0v) is 49.3. The summed E-state index contributed by atoms with van der Waals surface area (Å²) in [5, 5.41) is 4.19. The van der Waals surface area contributed by atoms with Gasteiger partial charge in [-0.3, -0.25) is 9.97 Å². The fraction of sp³-hybridized carbons (Fsp3) is 0.356. The van der Waals surface area contributed by atoms with E-state index in [1.807, 2.05) is 0 Å². The molecule has 2 aliphatic carbocycles. The van der Waals surface area contributed by atoms with Crippen LogP contribution in [0.15, 0.2) is 107 Å². The molecule has 8 aromatic rings. The van der Waals surface area contributed by atoms with Crippen LogP contribution in [0.25, 0.3) is 44.1 Å². The van der Waals surface area contributed by atoms with Gasteiger partial charge in [-0.2, -0.15) is 0 Å². The van der Waals surface area contributed by atoms with Gasteiger partial charge >= 0.3 is 0 Å². The maximum absolute atomic E-state index is 15.3. The van der Waals surface area contributed by atoms with Gasteiger partial charge in [-0.15, -0.1) is 0 Å². The van der Waals surface area contributed by atoms with Gasteiger partial charge in [-0.1, -0.05) is 54.9 Å². The molecule has 4 heterocycles. The normalized spacial score (nSPS) is 17.4. The maximum atomic E-state index is 15.3. The maximum Gasteiger partial charge on any atom is 0.223 e. The van der Waals surface area contributed by atoms with Crippen LogP contribution in [0.5, 0.6) is 0 Å². The summed E-state index contributed by atoms with van der Waals surface area (Å²) >= 11 is 17.7. The van der Waals surface area contributed by atoms with Gasteiger partial charge in [0.2, 0.25) is 11.2 Å². The molecule has 2 fully saturated rings. The molecule has 2 aliphatic rings. The molecular weight excluding hydrogens is 1160 g/mol. The van der Waals surface area contributed by atoms with Crippen LogP contribution in [0.3, 0.4) is 0 Å². The van der Waals surface area contributed by atoms with Gasteiger partial charge in [-0.05, 0) is 177 Å². The average molecular weight is 1220 g/mol. The largest absolute Gasteiger partial charge is 0.351 e. The highest BCUT2D eigenvalue weighted by Gasteiger charge is 2.27.